The summed E-state index contributed by atoms with van der Waals surface area (Å²) >= 11 is 0. The Morgan fingerprint density at radius 3 is 2.42 bits per heavy atom. The van der Waals surface area contributed by atoms with Gasteiger partial charge in [0.1, 0.15) is 5.82 Å². The molecule has 0 saturated carbocycles. The number of unbranched alkanes of at least 4 members (excludes halogenated alkanes) is 1. The zero-order valence-electron chi connectivity index (χ0n) is 16.0. The van der Waals surface area contributed by atoms with Gasteiger partial charge in [-0.05, 0) is 19.4 Å². The van der Waals surface area contributed by atoms with Gasteiger partial charge in [0.15, 0.2) is 5.69 Å². The van der Waals surface area contributed by atoms with Crippen LogP contribution >= 0.6 is 0 Å². The van der Waals surface area contributed by atoms with Gasteiger partial charge in [-0.1, -0.05) is 27.2 Å². The van der Waals surface area contributed by atoms with E-state index in [4.69, 9.17) is 10.8 Å². The van der Waals surface area contributed by atoms with E-state index in [9.17, 15) is 14.4 Å². The third-order valence-electron chi connectivity index (χ3n) is 4.19. The molecule has 0 atom stereocenters. The minimum Gasteiger partial charge on any atom is -0.395 e. The van der Waals surface area contributed by atoms with Crippen LogP contribution in [-0.2, 0) is 11.3 Å². The molecule has 26 heavy (non-hydrogen) atoms. The Morgan fingerprint density at radius 1 is 1.19 bits per heavy atom. The van der Waals surface area contributed by atoms with Crippen molar-refractivity contribution < 1.29 is 9.90 Å². The van der Waals surface area contributed by atoms with Crippen LogP contribution in [0.4, 0.5) is 11.5 Å². The molecule has 0 unspecified atom stereocenters. The standard InChI is InChI=1S/C17H31N5O4/c1-4-7-9-21(13(24)12-20(6-3)10-11-23)14-15(18)22(8-5-2)17(26)19-16(14)25/h23H,4-12,18H2,1-3H3,(H,19,25,26). The summed E-state index contributed by atoms with van der Waals surface area (Å²) in [6.45, 7) is 7.43. The van der Waals surface area contributed by atoms with E-state index in [0.29, 0.717) is 39.0 Å². The van der Waals surface area contributed by atoms with E-state index in [0.717, 1.165) is 6.42 Å². The second kappa shape index (κ2) is 10.8. The van der Waals surface area contributed by atoms with E-state index in [2.05, 4.69) is 4.98 Å². The number of H-pyrrole nitrogens is 1. The van der Waals surface area contributed by atoms with Crippen LogP contribution in [-0.4, -0.2) is 58.3 Å². The maximum Gasteiger partial charge on any atom is 0.330 e. The van der Waals surface area contributed by atoms with Crippen molar-refractivity contribution in [2.24, 2.45) is 0 Å². The Labute approximate surface area is 153 Å². The first-order valence-corrected chi connectivity index (χ1v) is 9.17. The van der Waals surface area contributed by atoms with Gasteiger partial charge in [0, 0.05) is 19.6 Å². The molecule has 1 rings (SSSR count). The van der Waals surface area contributed by atoms with Crippen molar-refractivity contribution in [1.29, 1.82) is 0 Å². The Kier molecular flexibility index (Phi) is 9.08. The highest BCUT2D eigenvalue weighted by Gasteiger charge is 2.24. The maximum absolute atomic E-state index is 12.9. The molecule has 1 aromatic rings. The number of aliphatic hydroxyl groups excluding tert-OH is 1. The number of carbonyl (C=O) groups is 1. The van der Waals surface area contributed by atoms with Crippen molar-refractivity contribution >= 4 is 17.4 Å². The lowest BCUT2D eigenvalue weighted by Gasteiger charge is -2.27. The van der Waals surface area contributed by atoms with Gasteiger partial charge in [-0.3, -0.25) is 24.0 Å². The maximum atomic E-state index is 12.9. The molecule has 0 aliphatic heterocycles. The number of aromatic amines is 1. The second-order valence-electron chi connectivity index (χ2n) is 6.14. The minimum atomic E-state index is -0.658. The first kappa shape index (κ1) is 21.9. The fraction of sp³-hybridized carbons (Fsp3) is 0.706. The van der Waals surface area contributed by atoms with E-state index in [1.165, 1.54) is 9.47 Å². The lowest BCUT2D eigenvalue weighted by molar-refractivity contribution is -0.119. The lowest BCUT2D eigenvalue weighted by Crippen LogP contribution is -2.46. The molecular weight excluding hydrogens is 338 g/mol. The molecule has 0 saturated heterocycles. The van der Waals surface area contributed by atoms with Crippen LogP contribution in [0.25, 0.3) is 0 Å². The van der Waals surface area contributed by atoms with Crippen LogP contribution in [0.2, 0.25) is 0 Å². The number of nitrogen functional groups attached to an aromatic ring is 1. The normalized spacial score (nSPS) is 11.1. The molecule has 0 aliphatic carbocycles. The van der Waals surface area contributed by atoms with E-state index in [-0.39, 0.29) is 30.6 Å². The van der Waals surface area contributed by atoms with Crippen LogP contribution in [0.15, 0.2) is 9.59 Å². The number of hydrogen-bond acceptors (Lipinski definition) is 6. The lowest BCUT2D eigenvalue weighted by atomic mass is 10.2. The minimum absolute atomic E-state index is 0.00950. The Hall–Kier alpha value is -2.13. The summed E-state index contributed by atoms with van der Waals surface area (Å²) in [7, 11) is 0. The Balaban J connectivity index is 3.32. The SMILES string of the molecule is CCCCN(C(=O)CN(CC)CCO)c1c(N)n(CCC)c(=O)[nH]c1=O. The first-order chi connectivity index (χ1) is 12.4. The number of anilines is 2. The summed E-state index contributed by atoms with van der Waals surface area (Å²) in [6.07, 6.45) is 2.20. The van der Waals surface area contributed by atoms with E-state index < -0.39 is 11.2 Å². The quantitative estimate of drug-likeness (QED) is 0.503. The van der Waals surface area contributed by atoms with E-state index in [1.54, 1.807) is 4.90 Å². The topological polar surface area (TPSA) is 125 Å². The van der Waals surface area contributed by atoms with Gasteiger partial charge < -0.3 is 15.7 Å². The average Bonchev–Trinajstić information content (AvgIpc) is 2.60. The molecule has 148 valence electrons. The van der Waals surface area contributed by atoms with Gasteiger partial charge in [-0.2, -0.15) is 0 Å². The van der Waals surface area contributed by atoms with Crippen LogP contribution in [0.1, 0.15) is 40.0 Å². The third kappa shape index (κ3) is 5.43. The van der Waals surface area contributed by atoms with Crippen molar-refractivity contribution in [3.05, 3.63) is 20.8 Å². The molecule has 9 heteroatoms. The van der Waals surface area contributed by atoms with Crippen molar-refractivity contribution in [1.82, 2.24) is 14.5 Å². The Bertz CT molecular complexity index is 697. The predicted octanol–water partition coefficient (Wildman–Crippen LogP) is -0.0239. The van der Waals surface area contributed by atoms with Crippen molar-refractivity contribution in [2.75, 3.05) is 43.4 Å². The molecule has 4 N–H and O–H groups in total. The van der Waals surface area contributed by atoms with Gasteiger partial charge in [-0.15, -0.1) is 0 Å². The van der Waals surface area contributed by atoms with Crippen LogP contribution in [0.5, 0.6) is 0 Å². The number of aliphatic hydroxyl groups is 1. The van der Waals surface area contributed by atoms with Crippen LogP contribution in [0.3, 0.4) is 0 Å². The number of hydrogen-bond donors (Lipinski definition) is 3. The van der Waals surface area contributed by atoms with Crippen LogP contribution < -0.4 is 21.9 Å². The molecule has 9 nitrogen and oxygen atoms in total. The zero-order chi connectivity index (χ0) is 19.7. The summed E-state index contributed by atoms with van der Waals surface area (Å²) in [6, 6.07) is 0. The van der Waals surface area contributed by atoms with Crippen molar-refractivity contribution in [2.45, 2.75) is 46.6 Å². The van der Waals surface area contributed by atoms with Crippen molar-refractivity contribution in [3.8, 4) is 0 Å². The van der Waals surface area contributed by atoms with Gasteiger partial charge in [0.05, 0.1) is 13.2 Å². The third-order valence-corrected chi connectivity index (χ3v) is 4.19. The van der Waals surface area contributed by atoms with Crippen molar-refractivity contribution in [3.63, 3.8) is 0 Å². The van der Waals surface area contributed by atoms with Gasteiger partial charge in [-0.25, -0.2) is 4.79 Å². The summed E-state index contributed by atoms with van der Waals surface area (Å²) in [5, 5.41) is 9.11. The van der Waals surface area contributed by atoms with E-state index in [1.807, 2.05) is 20.8 Å². The fourth-order valence-electron chi connectivity index (χ4n) is 2.73. The largest absolute Gasteiger partial charge is 0.395 e. The molecule has 0 aliphatic rings. The molecule has 0 fully saturated rings. The van der Waals surface area contributed by atoms with Gasteiger partial charge in [0.2, 0.25) is 5.91 Å². The molecule has 0 radical (unpaired) electrons. The summed E-state index contributed by atoms with van der Waals surface area (Å²) in [5.74, 6) is -0.275. The zero-order valence-corrected chi connectivity index (χ0v) is 16.0. The van der Waals surface area contributed by atoms with E-state index >= 15 is 0 Å². The van der Waals surface area contributed by atoms with Gasteiger partial charge >= 0.3 is 5.69 Å². The summed E-state index contributed by atoms with van der Waals surface area (Å²) in [4.78, 5) is 42.7. The second-order valence-corrected chi connectivity index (χ2v) is 6.14. The number of nitrogens with two attached hydrogens (primary N) is 1. The first-order valence-electron chi connectivity index (χ1n) is 9.17. The molecular formula is C17H31N5O4. The molecule has 1 amide bonds. The molecule has 1 heterocycles. The average molecular weight is 369 g/mol. The number of likely N-dealkylation sites (N-methyl/N-ethyl adjacent to an activating group) is 1. The number of nitrogens with one attached hydrogen (secondary N) is 1. The smallest absolute Gasteiger partial charge is 0.330 e. The highest BCUT2D eigenvalue weighted by atomic mass is 16.3. The highest BCUT2D eigenvalue weighted by molar-refractivity contribution is 5.96. The Morgan fingerprint density at radius 2 is 1.88 bits per heavy atom. The molecule has 0 spiro atoms. The van der Waals surface area contributed by atoms with Gasteiger partial charge in [0.25, 0.3) is 5.56 Å². The molecule has 1 aromatic heterocycles. The number of carbonyl (C=O) groups excluding carboxylic acids is 1. The summed E-state index contributed by atoms with van der Waals surface area (Å²) in [5.41, 5.74) is 4.89. The van der Waals surface area contributed by atoms with Crippen LogP contribution in [0, 0.1) is 0 Å². The molecule has 0 aromatic carbocycles. The fourth-order valence-corrected chi connectivity index (χ4v) is 2.73. The monoisotopic (exact) mass is 369 g/mol. The predicted molar refractivity (Wildman–Crippen MR) is 102 cm³/mol. The number of aromatic nitrogens is 2. The number of nitrogens with zero attached hydrogens (tertiary/aromatic N) is 3. The highest BCUT2D eigenvalue weighted by Crippen LogP contribution is 2.18. The number of rotatable bonds is 11. The molecule has 0 bridgehead atoms. The number of amides is 1. The summed E-state index contributed by atoms with van der Waals surface area (Å²) < 4.78 is 1.29.